The number of carbonyl (C=O) groups excluding carboxylic acids is 1. The average molecular weight is 495 g/mol. The second kappa shape index (κ2) is 8.76. The van der Waals surface area contributed by atoms with Crippen molar-refractivity contribution >= 4 is 5.91 Å². The van der Waals surface area contributed by atoms with Crippen molar-refractivity contribution in [1.82, 2.24) is 19.6 Å². The molecule has 3 heterocycles. The van der Waals surface area contributed by atoms with Gasteiger partial charge in [0.2, 0.25) is 0 Å². The third-order valence-electron chi connectivity index (χ3n) is 7.82. The molecule has 6 rings (SSSR count). The molecule has 0 radical (unpaired) electrons. The van der Waals surface area contributed by atoms with Crippen LogP contribution in [0.3, 0.4) is 0 Å². The van der Waals surface area contributed by atoms with Crippen molar-refractivity contribution in [2.45, 2.75) is 57.4 Å². The zero-order valence-electron chi connectivity index (χ0n) is 20.2. The fourth-order valence-corrected chi connectivity index (χ4v) is 5.97. The number of halogens is 3. The molecule has 1 unspecified atom stereocenters. The predicted octanol–water partition coefficient (Wildman–Crippen LogP) is 5.77. The van der Waals surface area contributed by atoms with Crippen LogP contribution in [0.25, 0.3) is 5.69 Å². The van der Waals surface area contributed by atoms with Crippen LogP contribution < -0.4 is 0 Å². The van der Waals surface area contributed by atoms with Crippen LogP contribution in [0.15, 0.2) is 54.6 Å². The van der Waals surface area contributed by atoms with E-state index < -0.39 is 11.7 Å². The summed E-state index contributed by atoms with van der Waals surface area (Å²) in [6, 6.07) is 15.6. The monoisotopic (exact) mass is 494 g/mol. The van der Waals surface area contributed by atoms with Gasteiger partial charge in [-0.05, 0) is 62.3 Å². The van der Waals surface area contributed by atoms with Crippen molar-refractivity contribution in [1.29, 1.82) is 0 Å². The van der Waals surface area contributed by atoms with Gasteiger partial charge in [0.15, 0.2) is 0 Å². The van der Waals surface area contributed by atoms with Crippen LogP contribution in [-0.2, 0) is 12.7 Å². The maximum absolute atomic E-state index is 13.9. The molecule has 188 valence electrons. The van der Waals surface area contributed by atoms with E-state index in [0.29, 0.717) is 23.7 Å². The number of hydrogen-bond donors (Lipinski definition) is 0. The van der Waals surface area contributed by atoms with Gasteiger partial charge in [-0.25, -0.2) is 4.68 Å². The van der Waals surface area contributed by atoms with Crippen molar-refractivity contribution in [2.75, 3.05) is 13.1 Å². The lowest BCUT2D eigenvalue weighted by molar-refractivity contribution is -0.137. The first-order valence-electron chi connectivity index (χ1n) is 12.7. The van der Waals surface area contributed by atoms with E-state index in [1.165, 1.54) is 12.1 Å². The highest BCUT2D eigenvalue weighted by atomic mass is 19.4. The Hall–Kier alpha value is -3.13. The molecule has 2 fully saturated rings. The number of carbonyl (C=O) groups is 1. The number of piperidine rings is 1. The Balaban J connectivity index is 1.20. The summed E-state index contributed by atoms with van der Waals surface area (Å²) in [5.41, 5.74) is 3.65. The molecule has 3 aromatic rings. The third-order valence-corrected chi connectivity index (χ3v) is 7.82. The molecular formula is C28H29F3N4O. The SMILES string of the molecule is Cc1nn(-c2ccccc2)c2c1C(C1CC1)N(C1CCN(Cc3cccc(C(F)(F)F)c3)CC1)C2=O. The smallest absolute Gasteiger partial charge is 0.327 e. The van der Waals surface area contributed by atoms with Gasteiger partial charge in [-0.2, -0.15) is 18.3 Å². The Bertz CT molecular complexity index is 1270. The van der Waals surface area contributed by atoms with Gasteiger partial charge in [0.05, 0.1) is 23.0 Å². The fourth-order valence-electron chi connectivity index (χ4n) is 5.97. The fraction of sp³-hybridized carbons (Fsp3) is 0.429. The predicted molar refractivity (Wildman–Crippen MR) is 130 cm³/mol. The molecule has 0 N–H and O–H groups in total. The van der Waals surface area contributed by atoms with Gasteiger partial charge in [-0.3, -0.25) is 9.69 Å². The molecule has 5 nitrogen and oxygen atoms in total. The minimum absolute atomic E-state index is 0.0580. The van der Waals surface area contributed by atoms with Crippen LogP contribution in [0.2, 0.25) is 0 Å². The van der Waals surface area contributed by atoms with Crippen molar-refractivity contribution in [2.24, 2.45) is 5.92 Å². The lowest BCUT2D eigenvalue weighted by atomic mass is 9.97. The summed E-state index contributed by atoms with van der Waals surface area (Å²) in [4.78, 5) is 18.2. The number of alkyl halides is 3. The van der Waals surface area contributed by atoms with Gasteiger partial charge in [0, 0.05) is 31.2 Å². The number of likely N-dealkylation sites (tertiary alicyclic amines) is 1. The number of nitrogens with zero attached hydrogens (tertiary/aromatic N) is 4. The summed E-state index contributed by atoms with van der Waals surface area (Å²) < 4.78 is 41.1. The highest BCUT2D eigenvalue weighted by Gasteiger charge is 2.51. The van der Waals surface area contributed by atoms with Gasteiger partial charge in [-0.15, -0.1) is 0 Å². The number of hydrogen-bond acceptors (Lipinski definition) is 3. The largest absolute Gasteiger partial charge is 0.416 e. The summed E-state index contributed by atoms with van der Waals surface area (Å²) in [7, 11) is 0. The number of para-hydroxylation sites is 1. The van der Waals surface area contributed by atoms with Crippen molar-refractivity contribution in [3.63, 3.8) is 0 Å². The van der Waals surface area contributed by atoms with Gasteiger partial charge >= 0.3 is 6.18 Å². The summed E-state index contributed by atoms with van der Waals surface area (Å²) >= 11 is 0. The number of benzene rings is 2. The maximum Gasteiger partial charge on any atom is 0.416 e. The number of amides is 1. The Kier molecular flexibility index (Phi) is 5.67. The lowest BCUT2D eigenvalue weighted by Crippen LogP contribution is -2.47. The summed E-state index contributed by atoms with van der Waals surface area (Å²) in [6.45, 7) is 3.99. The van der Waals surface area contributed by atoms with Crippen molar-refractivity contribution in [3.8, 4) is 5.69 Å². The molecule has 0 bridgehead atoms. The summed E-state index contributed by atoms with van der Waals surface area (Å²) in [5.74, 6) is 0.535. The second-order valence-corrected chi connectivity index (χ2v) is 10.3. The van der Waals surface area contributed by atoms with Crippen molar-refractivity contribution in [3.05, 3.63) is 82.7 Å². The Morgan fingerprint density at radius 3 is 2.36 bits per heavy atom. The molecule has 1 saturated heterocycles. The van der Waals surface area contributed by atoms with E-state index in [2.05, 4.69) is 9.80 Å². The standard InChI is InChI=1S/C28H29F3N4O/c1-18-24-25(20-10-11-20)34(27(36)26(24)35(32-18)23-8-3-2-4-9-23)22-12-14-33(15-13-22)17-19-6-5-7-21(16-19)28(29,30)31/h2-9,16,20,22,25H,10-15,17H2,1H3. The Morgan fingerprint density at radius 1 is 0.972 bits per heavy atom. The summed E-state index contributed by atoms with van der Waals surface area (Å²) in [5, 5.41) is 4.76. The lowest BCUT2D eigenvalue weighted by Gasteiger charge is -2.40. The molecular weight excluding hydrogens is 465 g/mol. The topological polar surface area (TPSA) is 41.4 Å². The highest BCUT2D eigenvalue weighted by molar-refractivity contribution is 5.99. The molecule has 1 amide bonds. The Morgan fingerprint density at radius 2 is 1.69 bits per heavy atom. The van der Waals surface area contributed by atoms with Crippen LogP contribution in [0.5, 0.6) is 0 Å². The number of aryl methyl sites for hydroxylation is 1. The zero-order valence-corrected chi connectivity index (χ0v) is 20.2. The van der Waals surface area contributed by atoms with Gasteiger partial charge in [0.25, 0.3) is 5.91 Å². The van der Waals surface area contributed by atoms with E-state index in [1.807, 2.05) is 41.9 Å². The summed E-state index contributed by atoms with van der Waals surface area (Å²) in [6.07, 6.45) is -0.456. The second-order valence-electron chi connectivity index (χ2n) is 10.3. The average Bonchev–Trinajstić information content (AvgIpc) is 3.59. The molecule has 2 aromatic carbocycles. The van der Waals surface area contributed by atoms with Crippen LogP contribution >= 0.6 is 0 Å². The number of fused-ring (bicyclic) bond motifs is 1. The molecule has 1 aliphatic carbocycles. The highest BCUT2D eigenvalue weighted by Crippen LogP contribution is 2.52. The molecule has 0 spiro atoms. The number of rotatable bonds is 5. The van der Waals surface area contributed by atoms with E-state index in [-0.39, 0.29) is 18.0 Å². The van der Waals surface area contributed by atoms with Gasteiger partial charge in [0.1, 0.15) is 5.69 Å². The first-order chi connectivity index (χ1) is 17.3. The zero-order chi connectivity index (χ0) is 25.0. The molecule has 2 aliphatic heterocycles. The van der Waals surface area contributed by atoms with Crippen molar-refractivity contribution < 1.29 is 18.0 Å². The normalized spacial score (nSPS) is 21.3. The molecule has 1 saturated carbocycles. The van der Waals surface area contributed by atoms with E-state index in [9.17, 15) is 18.0 Å². The van der Waals surface area contributed by atoms with E-state index in [0.717, 1.165) is 61.8 Å². The van der Waals surface area contributed by atoms with E-state index >= 15 is 0 Å². The van der Waals surface area contributed by atoms with Crippen LogP contribution in [-0.4, -0.2) is 44.6 Å². The molecule has 1 aromatic heterocycles. The molecule has 8 heteroatoms. The maximum atomic E-state index is 13.9. The Labute approximate surface area is 208 Å². The third kappa shape index (κ3) is 4.11. The first-order valence-corrected chi connectivity index (χ1v) is 12.7. The quantitative estimate of drug-likeness (QED) is 0.452. The minimum atomic E-state index is -4.33. The first kappa shape index (κ1) is 23.3. The minimum Gasteiger partial charge on any atom is -0.327 e. The molecule has 3 aliphatic rings. The molecule has 36 heavy (non-hydrogen) atoms. The van der Waals surface area contributed by atoms with Crippen LogP contribution in [0.4, 0.5) is 13.2 Å². The van der Waals surface area contributed by atoms with Crippen LogP contribution in [0, 0.1) is 12.8 Å². The van der Waals surface area contributed by atoms with Crippen LogP contribution in [0.1, 0.15) is 64.6 Å². The number of aromatic nitrogens is 2. The van der Waals surface area contributed by atoms with E-state index in [1.54, 1.807) is 6.07 Å². The molecule has 1 atom stereocenters. The van der Waals surface area contributed by atoms with E-state index in [4.69, 9.17) is 5.10 Å². The van der Waals surface area contributed by atoms with Gasteiger partial charge in [-0.1, -0.05) is 36.4 Å². The van der Waals surface area contributed by atoms with Gasteiger partial charge < -0.3 is 4.90 Å².